The number of carbonyl (C=O) groups excluding carboxylic acids is 2. The molecule has 2 amide bonds. The minimum atomic E-state index is -0.0899. The van der Waals surface area contributed by atoms with Crippen molar-refractivity contribution in [3.05, 3.63) is 59.1 Å². The molecule has 1 heterocycles. The van der Waals surface area contributed by atoms with E-state index in [1.807, 2.05) is 55.5 Å². The molecule has 5 nitrogen and oxygen atoms in total. The SMILES string of the molecule is Cc1ccc(NC(=O)CN2CCC(C(=O)Nc3ccccc3)CC2)c(Cl)c1. The van der Waals surface area contributed by atoms with Crippen molar-refractivity contribution in [3.63, 3.8) is 0 Å². The third kappa shape index (κ3) is 5.55. The Morgan fingerprint density at radius 3 is 2.44 bits per heavy atom. The van der Waals surface area contributed by atoms with E-state index in [2.05, 4.69) is 15.5 Å². The Kier molecular flexibility index (Phi) is 6.48. The van der Waals surface area contributed by atoms with Gasteiger partial charge in [0.05, 0.1) is 17.3 Å². The van der Waals surface area contributed by atoms with E-state index in [0.29, 0.717) is 17.3 Å². The van der Waals surface area contributed by atoms with Crippen molar-refractivity contribution < 1.29 is 9.59 Å². The topological polar surface area (TPSA) is 61.4 Å². The van der Waals surface area contributed by atoms with Crippen LogP contribution < -0.4 is 10.6 Å². The Balaban J connectivity index is 1.45. The van der Waals surface area contributed by atoms with Gasteiger partial charge in [0.2, 0.25) is 11.8 Å². The molecule has 2 aromatic carbocycles. The Hall–Kier alpha value is -2.37. The first-order valence-corrected chi connectivity index (χ1v) is 9.53. The molecule has 0 atom stereocenters. The number of anilines is 2. The van der Waals surface area contributed by atoms with Gasteiger partial charge >= 0.3 is 0 Å². The van der Waals surface area contributed by atoms with Crippen molar-refractivity contribution in [3.8, 4) is 0 Å². The monoisotopic (exact) mass is 385 g/mol. The summed E-state index contributed by atoms with van der Waals surface area (Å²) in [6, 6.07) is 15.0. The maximum absolute atomic E-state index is 12.4. The summed E-state index contributed by atoms with van der Waals surface area (Å²) in [5, 5.41) is 6.36. The first-order chi connectivity index (χ1) is 13.0. The van der Waals surface area contributed by atoms with Crippen LogP contribution in [0.2, 0.25) is 5.02 Å². The molecule has 27 heavy (non-hydrogen) atoms. The number of para-hydroxylation sites is 1. The van der Waals surface area contributed by atoms with Crippen LogP contribution in [0.4, 0.5) is 11.4 Å². The fourth-order valence-corrected chi connectivity index (χ4v) is 3.52. The average molecular weight is 386 g/mol. The van der Waals surface area contributed by atoms with Gasteiger partial charge < -0.3 is 10.6 Å². The molecule has 1 saturated heterocycles. The van der Waals surface area contributed by atoms with E-state index >= 15 is 0 Å². The maximum atomic E-state index is 12.4. The minimum Gasteiger partial charge on any atom is -0.326 e. The second kappa shape index (κ2) is 9.02. The third-order valence-corrected chi connectivity index (χ3v) is 5.08. The standard InChI is InChI=1S/C21H24ClN3O2/c1-15-7-8-19(18(22)13-15)24-20(26)14-25-11-9-16(10-12-25)21(27)23-17-5-3-2-4-6-17/h2-8,13,16H,9-12,14H2,1H3,(H,23,27)(H,24,26). The molecule has 0 aromatic heterocycles. The fraction of sp³-hybridized carbons (Fsp3) is 0.333. The molecule has 1 aliphatic heterocycles. The van der Waals surface area contributed by atoms with Gasteiger partial charge in [-0.25, -0.2) is 0 Å². The average Bonchev–Trinajstić information content (AvgIpc) is 2.65. The molecular weight excluding hydrogens is 362 g/mol. The fourth-order valence-electron chi connectivity index (χ4n) is 3.23. The lowest BCUT2D eigenvalue weighted by molar-refractivity contribution is -0.121. The first-order valence-electron chi connectivity index (χ1n) is 9.15. The highest BCUT2D eigenvalue weighted by Gasteiger charge is 2.26. The van der Waals surface area contributed by atoms with Crippen LogP contribution in [-0.2, 0) is 9.59 Å². The van der Waals surface area contributed by atoms with Gasteiger partial charge in [0, 0.05) is 11.6 Å². The lowest BCUT2D eigenvalue weighted by atomic mass is 9.96. The van der Waals surface area contributed by atoms with Gasteiger partial charge in [0.1, 0.15) is 0 Å². The molecule has 1 fully saturated rings. The highest BCUT2D eigenvalue weighted by molar-refractivity contribution is 6.33. The summed E-state index contributed by atoms with van der Waals surface area (Å²) in [7, 11) is 0. The number of halogens is 1. The van der Waals surface area contributed by atoms with Gasteiger partial charge in [-0.15, -0.1) is 0 Å². The molecule has 0 bridgehead atoms. The predicted molar refractivity (Wildman–Crippen MR) is 109 cm³/mol. The third-order valence-electron chi connectivity index (χ3n) is 4.77. The minimum absolute atomic E-state index is 0.0175. The molecule has 0 aliphatic carbocycles. The number of nitrogens with one attached hydrogen (secondary N) is 2. The lowest BCUT2D eigenvalue weighted by Gasteiger charge is -2.30. The summed E-state index contributed by atoms with van der Waals surface area (Å²) in [6.45, 7) is 3.71. The van der Waals surface area contributed by atoms with E-state index in [9.17, 15) is 9.59 Å². The van der Waals surface area contributed by atoms with Crippen LogP contribution in [0.5, 0.6) is 0 Å². The smallest absolute Gasteiger partial charge is 0.238 e. The normalized spacial score (nSPS) is 15.3. The van der Waals surface area contributed by atoms with E-state index in [0.717, 1.165) is 37.2 Å². The predicted octanol–water partition coefficient (Wildman–Crippen LogP) is 3.94. The van der Waals surface area contributed by atoms with Crippen LogP contribution in [0.1, 0.15) is 18.4 Å². The van der Waals surface area contributed by atoms with Gasteiger partial charge in [-0.3, -0.25) is 14.5 Å². The molecular formula is C21H24ClN3O2. The Bertz CT molecular complexity index is 802. The van der Waals surface area contributed by atoms with Crippen LogP contribution >= 0.6 is 11.6 Å². The number of piperidine rings is 1. The second-order valence-corrected chi connectivity index (χ2v) is 7.34. The molecule has 0 unspecified atom stereocenters. The summed E-state index contributed by atoms with van der Waals surface area (Å²) >= 11 is 6.16. The number of nitrogens with zero attached hydrogens (tertiary/aromatic N) is 1. The number of likely N-dealkylation sites (tertiary alicyclic amines) is 1. The number of rotatable bonds is 5. The van der Waals surface area contributed by atoms with Crippen molar-refractivity contribution in [1.82, 2.24) is 4.90 Å². The number of aryl methyl sites for hydroxylation is 1. The maximum Gasteiger partial charge on any atom is 0.238 e. The number of carbonyl (C=O) groups is 2. The molecule has 142 valence electrons. The quantitative estimate of drug-likeness (QED) is 0.819. The molecule has 6 heteroatoms. The Morgan fingerprint density at radius 1 is 1.07 bits per heavy atom. The van der Waals surface area contributed by atoms with E-state index < -0.39 is 0 Å². The molecule has 0 saturated carbocycles. The van der Waals surface area contributed by atoms with Crippen molar-refractivity contribution in [2.45, 2.75) is 19.8 Å². The van der Waals surface area contributed by atoms with Gasteiger partial charge in [-0.05, 0) is 62.7 Å². The highest BCUT2D eigenvalue weighted by atomic mass is 35.5. The number of benzene rings is 2. The second-order valence-electron chi connectivity index (χ2n) is 6.94. The van der Waals surface area contributed by atoms with Crippen LogP contribution in [0.25, 0.3) is 0 Å². The summed E-state index contributed by atoms with van der Waals surface area (Å²) in [5.41, 5.74) is 2.50. The van der Waals surface area contributed by atoms with Gasteiger partial charge in [-0.1, -0.05) is 35.9 Å². The molecule has 1 aliphatic rings. The molecule has 3 rings (SSSR count). The summed E-state index contributed by atoms with van der Waals surface area (Å²) in [5.74, 6) is -0.0549. The summed E-state index contributed by atoms with van der Waals surface area (Å²) < 4.78 is 0. The van der Waals surface area contributed by atoms with Crippen LogP contribution in [0.3, 0.4) is 0 Å². The molecule has 0 spiro atoms. The Morgan fingerprint density at radius 2 is 1.78 bits per heavy atom. The van der Waals surface area contributed by atoms with E-state index in [1.54, 1.807) is 0 Å². The largest absolute Gasteiger partial charge is 0.326 e. The number of hydrogen-bond donors (Lipinski definition) is 2. The zero-order valence-electron chi connectivity index (χ0n) is 15.4. The van der Waals surface area contributed by atoms with Crippen molar-refractivity contribution in [2.75, 3.05) is 30.3 Å². The van der Waals surface area contributed by atoms with E-state index in [1.165, 1.54) is 0 Å². The highest BCUT2D eigenvalue weighted by Crippen LogP contribution is 2.23. The molecule has 0 radical (unpaired) electrons. The van der Waals surface area contributed by atoms with Gasteiger partial charge in [0.15, 0.2) is 0 Å². The zero-order chi connectivity index (χ0) is 19.2. The van der Waals surface area contributed by atoms with E-state index in [-0.39, 0.29) is 17.7 Å². The summed E-state index contributed by atoms with van der Waals surface area (Å²) in [4.78, 5) is 26.7. The van der Waals surface area contributed by atoms with Crippen molar-refractivity contribution in [1.29, 1.82) is 0 Å². The first kappa shape index (κ1) is 19.4. The van der Waals surface area contributed by atoms with Crippen molar-refractivity contribution in [2.24, 2.45) is 5.92 Å². The van der Waals surface area contributed by atoms with Crippen molar-refractivity contribution >= 4 is 34.8 Å². The van der Waals surface area contributed by atoms with Crippen LogP contribution in [-0.4, -0.2) is 36.3 Å². The van der Waals surface area contributed by atoms with Crippen LogP contribution in [0, 0.1) is 12.8 Å². The molecule has 2 aromatic rings. The lowest BCUT2D eigenvalue weighted by Crippen LogP contribution is -2.41. The zero-order valence-corrected chi connectivity index (χ0v) is 16.1. The van der Waals surface area contributed by atoms with E-state index in [4.69, 9.17) is 11.6 Å². The summed E-state index contributed by atoms with van der Waals surface area (Å²) in [6.07, 6.45) is 1.49. The van der Waals surface area contributed by atoms with Gasteiger partial charge in [0.25, 0.3) is 0 Å². The van der Waals surface area contributed by atoms with Crippen LogP contribution in [0.15, 0.2) is 48.5 Å². The Labute approximate surface area is 164 Å². The van der Waals surface area contributed by atoms with Gasteiger partial charge in [-0.2, -0.15) is 0 Å². The number of hydrogen-bond acceptors (Lipinski definition) is 3. The molecule has 2 N–H and O–H groups in total. The number of amides is 2.